The van der Waals surface area contributed by atoms with Crippen LogP contribution in [0.25, 0.3) is 5.65 Å². The van der Waals surface area contributed by atoms with Gasteiger partial charge in [-0.1, -0.05) is 31.5 Å². The summed E-state index contributed by atoms with van der Waals surface area (Å²) >= 11 is 6.13. The van der Waals surface area contributed by atoms with Crippen LogP contribution >= 0.6 is 11.6 Å². The maximum atomic E-state index is 13.0. The van der Waals surface area contributed by atoms with Gasteiger partial charge in [0.1, 0.15) is 11.5 Å². The minimum Gasteiger partial charge on any atom is -0.288 e. The van der Waals surface area contributed by atoms with E-state index >= 15 is 0 Å². The van der Waals surface area contributed by atoms with Gasteiger partial charge in [0.05, 0.1) is 6.04 Å². The maximum absolute atomic E-state index is 13.0. The molecule has 0 fully saturated rings. The third-order valence-electron chi connectivity index (χ3n) is 4.41. The number of fused-ring (bicyclic) bond motifs is 2. The molecule has 0 bridgehead atoms. The Kier molecular flexibility index (Phi) is 4.25. The van der Waals surface area contributed by atoms with Crippen molar-refractivity contribution in [1.82, 2.24) is 28.9 Å². The van der Waals surface area contributed by atoms with Gasteiger partial charge < -0.3 is 0 Å². The molecule has 0 aromatic carbocycles. The zero-order valence-corrected chi connectivity index (χ0v) is 16.0. The summed E-state index contributed by atoms with van der Waals surface area (Å²) in [5.74, 6) is 1.55. The van der Waals surface area contributed by atoms with Gasteiger partial charge in [-0.3, -0.25) is 4.40 Å². The Labute approximate surface area is 156 Å². The zero-order valence-electron chi connectivity index (χ0n) is 14.4. The molecule has 26 heavy (non-hydrogen) atoms. The van der Waals surface area contributed by atoms with Crippen molar-refractivity contribution < 1.29 is 8.42 Å². The molecule has 0 aliphatic carbocycles. The van der Waals surface area contributed by atoms with Crippen molar-refractivity contribution in [3.63, 3.8) is 0 Å². The van der Waals surface area contributed by atoms with Crippen LogP contribution in [0.5, 0.6) is 0 Å². The minimum absolute atomic E-state index is 0.0520. The Morgan fingerprint density at radius 1 is 1.31 bits per heavy atom. The number of sulfonamides is 1. The van der Waals surface area contributed by atoms with Crippen molar-refractivity contribution in [3.8, 4) is 0 Å². The van der Waals surface area contributed by atoms with Crippen LogP contribution in [0, 0.1) is 0 Å². The molecular formula is C16H19ClN6O2S. The molecule has 3 aromatic heterocycles. The molecular weight excluding hydrogens is 376 g/mol. The molecule has 0 spiro atoms. The molecule has 4 heterocycles. The van der Waals surface area contributed by atoms with Crippen molar-refractivity contribution in [2.75, 3.05) is 0 Å². The number of halogens is 1. The molecule has 10 heteroatoms. The number of nitrogens with zero attached hydrogens (tertiary/aromatic N) is 5. The largest absolute Gasteiger partial charge is 0.288 e. The summed E-state index contributed by atoms with van der Waals surface area (Å²) in [6.07, 6.45) is 3.11. The lowest BCUT2D eigenvalue weighted by atomic mass is 10.1. The summed E-state index contributed by atoms with van der Waals surface area (Å²) in [7, 11) is -3.89. The van der Waals surface area contributed by atoms with Gasteiger partial charge in [0, 0.05) is 18.7 Å². The van der Waals surface area contributed by atoms with E-state index in [0.717, 1.165) is 18.8 Å². The fourth-order valence-corrected chi connectivity index (χ4v) is 5.03. The monoisotopic (exact) mass is 394 g/mol. The Balaban J connectivity index is 1.72. The Hall–Kier alpha value is -1.97. The lowest BCUT2D eigenvalue weighted by Gasteiger charge is -2.22. The van der Waals surface area contributed by atoms with E-state index < -0.39 is 16.1 Å². The molecule has 1 N–H and O–H groups in total. The molecule has 0 radical (unpaired) electrons. The van der Waals surface area contributed by atoms with Gasteiger partial charge in [0.2, 0.25) is 0 Å². The number of aryl methyl sites for hydroxylation is 1. The summed E-state index contributed by atoms with van der Waals surface area (Å²) in [6.45, 7) is 4.76. The van der Waals surface area contributed by atoms with E-state index in [-0.39, 0.29) is 16.1 Å². The summed E-state index contributed by atoms with van der Waals surface area (Å²) in [5, 5.41) is 4.38. The molecule has 1 unspecified atom stereocenters. The molecule has 3 aromatic rings. The third kappa shape index (κ3) is 2.89. The van der Waals surface area contributed by atoms with Gasteiger partial charge in [0.15, 0.2) is 16.0 Å². The van der Waals surface area contributed by atoms with Crippen LogP contribution < -0.4 is 4.72 Å². The average molecular weight is 395 g/mol. The Morgan fingerprint density at radius 2 is 2.12 bits per heavy atom. The normalized spacial score (nSPS) is 17.8. The number of aromatic nitrogens is 5. The number of hydrogen-bond acceptors (Lipinski definition) is 5. The van der Waals surface area contributed by atoms with Gasteiger partial charge in [-0.15, -0.1) is 0 Å². The Bertz CT molecular complexity index is 1070. The topological polar surface area (TPSA) is 94.2 Å². The summed E-state index contributed by atoms with van der Waals surface area (Å²) in [4.78, 5) is 8.67. The maximum Gasteiger partial charge on any atom is 0.260 e. The van der Waals surface area contributed by atoms with E-state index in [1.54, 1.807) is 29.1 Å². The molecule has 1 aliphatic heterocycles. The highest BCUT2D eigenvalue weighted by atomic mass is 35.5. The van der Waals surface area contributed by atoms with Crippen LogP contribution in [0.4, 0.5) is 0 Å². The van der Waals surface area contributed by atoms with Crippen molar-refractivity contribution in [3.05, 3.63) is 41.2 Å². The first-order valence-electron chi connectivity index (χ1n) is 8.46. The first-order valence-corrected chi connectivity index (χ1v) is 10.3. The predicted octanol–water partition coefficient (Wildman–Crippen LogP) is 2.52. The van der Waals surface area contributed by atoms with E-state index in [2.05, 4.69) is 19.8 Å². The number of rotatable bonds is 4. The van der Waals surface area contributed by atoms with E-state index in [1.807, 2.05) is 13.8 Å². The van der Waals surface area contributed by atoms with Gasteiger partial charge in [-0.25, -0.2) is 23.1 Å². The molecule has 1 aliphatic rings. The van der Waals surface area contributed by atoms with Gasteiger partial charge in [0.25, 0.3) is 10.0 Å². The molecule has 0 amide bonds. The second-order valence-electron chi connectivity index (χ2n) is 6.66. The highest BCUT2D eigenvalue weighted by molar-refractivity contribution is 7.89. The van der Waals surface area contributed by atoms with E-state index in [4.69, 9.17) is 11.6 Å². The van der Waals surface area contributed by atoms with Gasteiger partial charge >= 0.3 is 0 Å². The first kappa shape index (κ1) is 17.4. The second-order valence-corrected chi connectivity index (χ2v) is 8.65. The van der Waals surface area contributed by atoms with Crippen LogP contribution in [-0.2, 0) is 16.6 Å². The lowest BCUT2D eigenvalue weighted by Crippen LogP contribution is -2.34. The molecule has 8 nitrogen and oxygen atoms in total. The van der Waals surface area contributed by atoms with Crippen LogP contribution in [0.3, 0.4) is 0 Å². The fraction of sp³-hybridized carbons (Fsp3) is 0.438. The minimum atomic E-state index is -3.89. The SMILES string of the molecule is CC(C)c1nc2n(n1)CCCC2NS(=O)(=O)c1c(Cl)nc2ccccn12. The standard InChI is InChI=1S/C16H19ClN6O2S/c1-10(2)14-19-15-11(6-5-9-23(15)20-14)21-26(24,25)16-13(17)18-12-7-3-4-8-22(12)16/h3-4,7-8,10-11,21H,5-6,9H2,1-2H3. The van der Waals surface area contributed by atoms with E-state index in [0.29, 0.717) is 17.9 Å². The average Bonchev–Trinajstić information content (AvgIpc) is 3.15. The highest BCUT2D eigenvalue weighted by Crippen LogP contribution is 2.29. The fourth-order valence-electron chi connectivity index (χ4n) is 3.15. The molecule has 1 atom stereocenters. The number of hydrogen-bond donors (Lipinski definition) is 1. The molecule has 138 valence electrons. The quantitative estimate of drug-likeness (QED) is 0.733. The smallest absolute Gasteiger partial charge is 0.260 e. The van der Waals surface area contributed by atoms with Gasteiger partial charge in [-0.05, 0) is 25.0 Å². The van der Waals surface area contributed by atoms with Crippen LogP contribution in [0.1, 0.15) is 50.3 Å². The number of imidazole rings is 1. The third-order valence-corrected chi connectivity index (χ3v) is 6.28. The summed E-state index contributed by atoms with van der Waals surface area (Å²) in [5.41, 5.74) is 0.479. The zero-order chi connectivity index (χ0) is 18.5. The van der Waals surface area contributed by atoms with Crippen LogP contribution in [0.2, 0.25) is 5.15 Å². The van der Waals surface area contributed by atoms with Crippen molar-refractivity contribution in [1.29, 1.82) is 0 Å². The number of nitrogens with one attached hydrogen (secondary N) is 1. The van der Waals surface area contributed by atoms with Crippen molar-refractivity contribution in [2.24, 2.45) is 0 Å². The summed E-state index contributed by atoms with van der Waals surface area (Å²) < 4.78 is 32.1. The molecule has 0 saturated carbocycles. The van der Waals surface area contributed by atoms with Crippen LogP contribution in [-0.4, -0.2) is 32.6 Å². The van der Waals surface area contributed by atoms with E-state index in [9.17, 15) is 8.42 Å². The predicted molar refractivity (Wildman–Crippen MR) is 96.6 cm³/mol. The van der Waals surface area contributed by atoms with Crippen molar-refractivity contribution in [2.45, 2.75) is 50.2 Å². The molecule has 4 rings (SSSR count). The highest BCUT2D eigenvalue weighted by Gasteiger charge is 2.32. The second kappa shape index (κ2) is 6.33. The molecule has 0 saturated heterocycles. The first-order chi connectivity index (χ1) is 12.4. The van der Waals surface area contributed by atoms with Gasteiger partial charge in [-0.2, -0.15) is 9.82 Å². The van der Waals surface area contributed by atoms with Crippen molar-refractivity contribution >= 4 is 27.3 Å². The summed E-state index contributed by atoms with van der Waals surface area (Å²) in [6, 6.07) is 4.77. The Morgan fingerprint density at radius 3 is 2.88 bits per heavy atom. The van der Waals surface area contributed by atoms with E-state index in [1.165, 1.54) is 4.40 Å². The lowest BCUT2D eigenvalue weighted by molar-refractivity contribution is 0.399. The number of pyridine rings is 1. The van der Waals surface area contributed by atoms with Crippen LogP contribution in [0.15, 0.2) is 29.4 Å².